The summed E-state index contributed by atoms with van der Waals surface area (Å²) in [4.78, 5) is 13.7. The van der Waals surface area contributed by atoms with E-state index in [-0.39, 0.29) is 35.0 Å². The Morgan fingerprint density at radius 3 is 1.83 bits per heavy atom. The Morgan fingerprint density at radius 2 is 1.38 bits per heavy atom. The lowest BCUT2D eigenvalue weighted by Crippen LogP contribution is -2.50. The lowest BCUT2D eigenvalue weighted by molar-refractivity contribution is -0.131. The Balaban J connectivity index is 2.33. The highest BCUT2D eigenvalue weighted by Crippen LogP contribution is 2.55. The summed E-state index contributed by atoms with van der Waals surface area (Å²) in [5.74, 6) is 0.693. The number of halogens is 4. The second-order valence-corrected chi connectivity index (χ2v) is 11.6. The third-order valence-corrected chi connectivity index (χ3v) is 8.45. The molecule has 0 radical (unpaired) electrons. The molecule has 0 aromatic heterocycles. The number of carbonyl (C=O) groups excluding carboxylic acids is 1. The molecule has 29 heavy (non-hydrogen) atoms. The van der Waals surface area contributed by atoms with Crippen LogP contribution in [0.1, 0.15) is 50.7 Å². The minimum Gasteiger partial charge on any atom is -0.506 e. The molecule has 3 unspecified atom stereocenters. The Hall–Kier alpha value is -0.370. The van der Waals surface area contributed by atoms with Gasteiger partial charge < -0.3 is 10.2 Å². The zero-order valence-corrected chi connectivity index (χ0v) is 22.6. The van der Waals surface area contributed by atoms with Gasteiger partial charge in [-0.1, -0.05) is 20.8 Å². The van der Waals surface area contributed by atoms with Gasteiger partial charge in [-0.05, 0) is 117 Å². The maximum absolute atomic E-state index is 13.7. The highest BCUT2D eigenvalue weighted by atomic mass is 79.9. The van der Waals surface area contributed by atoms with Crippen LogP contribution in [0.4, 0.5) is 0 Å². The first-order chi connectivity index (χ1) is 13.5. The lowest BCUT2D eigenvalue weighted by Gasteiger charge is -2.48. The average Bonchev–Trinajstić information content (AvgIpc) is 2.62. The fourth-order valence-electron chi connectivity index (χ4n) is 4.76. The summed E-state index contributed by atoms with van der Waals surface area (Å²) in [5, 5.41) is 20.4. The minimum absolute atomic E-state index is 0.0298. The number of phenols is 2. The summed E-state index contributed by atoms with van der Waals surface area (Å²) in [5.41, 5.74) is 1.13. The molecule has 1 fully saturated rings. The average molecular weight is 654 g/mol. The monoisotopic (exact) mass is 650 g/mol. The number of hydrogen-bond donors (Lipinski definition) is 2. The number of Topliss-reactive ketones (excluding diaryl/α,β-unsaturated/α-hetero) is 1. The molecule has 0 amide bonds. The zero-order valence-electron chi connectivity index (χ0n) is 16.3. The number of hydrogen-bond acceptors (Lipinski definition) is 3. The van der Waals surface area contributed by atoms with Crippen LogP contribution < -0.4 is 0 Å². The molecule has 2 aromatic carbocycles. The number of carbonyl (C=O) groups is 1. The maximum atomic E-state index is 13.7. The molecular formula is C22H22Br4O3. The largest absolute Gasteiger partial charge is 0.506 e. The van der Waals surface area contributed by atoms with Crippen LogP contribution in [0.25, 0.3) is 0 Å². The molecule has 0 saturated heterocycles. The normalized spacial score (nSPS) is 24.9. The highest BCUT2D eigenvalue weighted by Gasteiger charge is 2.53. The van der Waals surface area contributed by atoms with Crippen LogP contribution in [-0.4, -0.2) is 16.0 Å². The van der Waals surface area contributed by atoms with E-state index in [1.54, 1.807) is 0 Å². The van der Waals surface area contributed by atoms with Gasteiger partial charge in [0.05, 0.1) is 23.3 Å². The summed E-state index contributed by atoms with van der Waals surface area (Å²) >= 11 is 13.8. The quantitative estimate of drug-likeness (QED) is 0.355. The van der Waals surface area contributed by atoms with Crippen molar-refractivity contribution >= 4 is 69.5 Å². The molecule has 1 saturated carbocycles. The number of ketones is 1. The first kappa shape index (κ1) is 23.3. The van der Waals surface area contributed by atoms with E-state index in [9.17, 15) is 15.0 Å². The summed E-state index contributed by atoms with van der Waals surface area (Å²) in [6.07, 6.45) is 1.37. The van der Waals surface area contributed by atoms with E-state index in [0.29, 0.717) is 24.3 Å². The van der Waals surface area contributed by atoms with E-state index in [1.807, 2.05) is 24.3 Å². The van der Waals surface area contributed by atoms with E-state index in [2.05, 4.69) is 84.5 Å². The molecule has 1 aliphatic carbocycles. The number of rotatable bonds is 3. The summed E-state index contributed by atoms with van der Waals surface area (Å²) in [7, 11) is 0. The lowest BCUT2D eigenvalue weighted by atomic mass is 9.53. The Kier molecular flexibility index (Phi) is 6.94. The number of benzene rings is 2. The molecule has 3 rings (SSSR count). The van der Waals surface area contributed by atoms with Crippen molar-refractivity contribution in [3.05, 3.63) is 53.3 Å². The topological polar surface area (TPSA) is 57.5 Å². The van der Waals surface area contributed by atoms with Crippen molar-refractivity contribution < 1.29 is 15.0 Å². The molecule has 0 heterocycles. The second kappa shape index (κ2) is 8.64. The first-order valence-corrected chi connectivity index (χ1v) is 12.6. The SMILES string of the molecule is CC1CC(=O)C(c2cc(Br)c(O)c(Br)c2)(C(C)C)C(c2cc(Br)c(O)c(Br)c2)C1. The third kappa shape index (κ3) is 3.97. The van der Waals surface area contributed by atoms with Gasteiger partial charge in [-0.25, -0.2) is 0 Å². The van der Waals surface area contributed by atoms with Crippen molar-refractivity contribution in [3.8, 4) is 11.5 Å². The van der Waals surface area contributed by atoms with Gasteiger partial charge in [0.2, 0.25) is 0 Å². The Bertz CT molecular complexity index is 927. The van der Waals surface area contributed by atoms with E-state index >= 15 is 0 Å². The standard InChI is InChI=1S/C22H22Br4O3/c1-10(2)22(13-8-17(25)21(29)18(26)9-13)14(4-11(3)5-19(22)27)12-6-15(23)20(28)16(24)7-12/h6-11,14,28-29H,4-5H2,1-3H3. The van der Waals surface area contributed by atoms with Crippen LogP contribution in [0.2, 0.25) is 0 Å². The van der Waals surface area contributed by atoms with Crippen molar-refractivity contribution in [1.29, 1.82) is 0 Å². The van der Waals surface area contributed by atoms with Crippen molar-refractivity contribution in [2.24, 2.45) is 11.8 Å². The number of phenolic OH excluding ortho intramolecular Hbond substituents is 2. The molecule has 2 N–H and O–H groups in total. The highest BCUT2D eigenvalue weighted by molar-refractivity contribution is 9.11. The fraction of sp³-hybridized carbons (Fsp3) is 0.409. The summed E-state index contributed by atoms with van der Waals surface area (Å²) < 4.78 is 2.30. The van der Waals surface area contributed by atoms with Crippen molar-refractivity contribution in [3.63, 3.8) is 0 Å². The van der Waals surface area contributed by atoms with Gasteiger partial charge in [0, 0.05) is 12.3 Å². The Labute approximate surface area is 204 Å². The van der Waals surface area contributed by atoms with E-state index in [0.717, 1.165) is 17.5 Å². The van der Waals surface area contributed by atoms with Crippen molar-refractivity contribution in [2.75, 3.05) is 0 Å². The fourth-order valence-corrected chi connectivity index (χ4v) is 7.17. The van der Waals surface area contributed by atoms with E-state index < -0.39 is 5.41 Å². The zero-order chi connectivity index (χ0) is 21.7. The van der Waals surface area contributed by atoms with Crippen LogP contribution in [0.5, 0.6) is 11.5 Å². The van der Waals surface area contributed by atoms with Gasteiger partial charge in [0.1, 0.15) is 17.3 Å². The van der Waals surface area contributed by atoms with Gasteiger partial charge in [-0.2, -0.15) is 0 Å². The van der Waals surface area contributed by atoms with Gasteiger partial charge >= 0.3 is 0 Å². The van der Waals surface area contributed by atoms with E-state index in [4.69, 9.17) is 0 Å². The summed E-state index contributed by atoms with van der Waals surface area (Å²) in [6.45, 7) is 6.28. The summed E-state index contributed by atoms with van der Waals surface area (Å²) in [6, 6.07) is 7.56. The van der Waals surface area contributed by atoms with E-state index in [1.165, 1.54) is 0 Å². The first-order valence-electron chi connectivity index (χ1n) is 9.39. The predicted molar refractivity (Wildman–Crippen MR) is 130 cm³/mol. The van der Waals surface area contributed by atoms with Crippen molar-refractivity contribution in [1.82, 2.24) is 0 Å². The van der Waals surface area contributed by atoms with Crippen molar-refractivity contribution in [2.45, 2.75) is 44.9 Å². The molecule has 0 spiro atoms. The Morgan fingerprint density at radius 1 is 0.931 bits per heavy atom. The molecule has 7 heteroatoms. The van der Waals surface area contributed by atoms with Gasteiger partial charge in [0.25, 0.3) is 0 Å². The third-order valence-electron chi connectivity index (χ3n) is 6.03. The van der Waals surface area contributed by atoms with Crippen LogP contribution in [-0.2, 0) is 10.2 Å². The molecule has 0 aliphatic heterocycles. The van der Waals surface area contributed by atoms with Crippen LogP contribution in [0, 0.1) is 11.8 Å². The maximum Gasteiger partial charge on any atom is 0.144 e. The molecule has 2 aromatic rings. The van der Waals surface area contributed by atoms with Crippen LogP contribution in [0.15, 0.2) is 42.2 Å². The van der Waals surface area contributed by atoms with Gasteiger partial charge in [0.15, 0.2) is 0 Å². The smallest absolute Gasteiger partial charge is 0.144 e. The van der Waals surface area contributed by atoms with Crippen LogP contribution in [0.3, 0.4) is 0 Å². The molecule has 0 bridgehead atoms. The molecule has 3 atom stereocenters. The molecular weight excluding hydrogens is 632 g/mol. The van der Waals surface area contributed by atoms with Gasteiger partial charge in [-0.3, -0.25) is 4.79 Å². The number of aromatic hydroxyl groups is 2. The molecule has 3 nitrogen and oxygen atoms in total. The predicted octanol–water partition coefficient (Wildman–Crippen LogP) is 7.82. The minimum atomic E-state index is -0.749. The molecule has 156 valence electrons. The van der Waals surface area contributed by atoms with Crippen LogP contribution >= 0.6 is 63.7 Å². The molecule has 1 aliphatic rings. The second-order valence-electron chi connectivity index (χ2n) is 8.17. The van der Waals surface area contributed by atoms with Gasteiger partial charge in [-0.15, -0.1) is 0 Å².